The van der Waals surface area contributed by atoms with Crippen molar-refractivity contribution in [1.82, 2.24) is 99.8 Å². The Balaban J connectivity index is 1.03. The molecule has 1 radical (unpaired) electrons. The number of aromatic hydroxyl groups is 1. The average Bonchev–Trinajstić information content (AvgIpc) is 1.66. The number of carboxylic acids is 5. The maximum absolute atomic E-state index is 14.9. The summed E-state index contributed by atoms with van der Waals surface area (Å²) in [5.41, 5.74) is 18.6. The van der Waals surface area contributed by atoms with Crippen LogP contribution in [0.5, 0.6) is 5.75 Å². The molecule has 54 heteroatoms. The minimum absolute atomic E-state index is 0.0237. The number of primary amides is 1. The molecule has 0 saturated carbocycles. The number of carbonyl (C=O) groups excluding carboxylic acids is 20. The number of guanidine groups is 1. The lowest BCUT2D eigenvalue weighted by molar-refractivity contribution is -0.144. The number of nitrogens with one attached hydrogen (secondary N) is 17. The molecular weight excluding hydrogens is 1920 g/mol. The first-order valence-electron chi connectivity index (χ1n) is 47.0. The molecule has 0 bridgehead atoms. The lowest BCUT2D eigenvalue weighted by Gasteiger charge is -2.33. The summed E-state index contributed by atoms with van der Waals surface area (Å²) in [5.74, 6) is -28.9. The number of nitrogens with two attached hydrogens (primary N) is 3. The maximum Gasteiger partial charge on any atom is 0.305 e. The van der Waals surface area contributed by atoms with Crippen LogP contribution in [0.25, 0.3) is 0 Å². The average molecular weight is 2050 g/mol. The van der Waals surface area contributed by atoms with E-state index in [-0.39, 0.29) is 101 Å². The summed E-state index contributed by atoms with van der Waals surface area (Å²) in [6.07, 6.45) is -5.46. The van der Waals surface area contributed by atoms with Crippen LogP contribution >= 0.6 is 0 Å². The molecule has 3 heterocycles. The zero-order valence-corrected chi connectivity index (χ0v) is 80.1. The summed E-state index contributed by atoms with van der Waals surface area (Å²) in [4.78, 5) is 337. The van der Waals surface area contributed by atoms with Gasteiger partial charge in [0.2, 0.25) is 119 Å². The summed E-state index contributed by atoms with van der Waals surface area (Å²) < 4.78 is 0. The van der Waals surface area contributed by atoms with Gasteiger partial charge in [0.05, 0.1) is 57.6 Å². The fourth-order valence-electron chi connectivity index (χ4n) is 15.9. The monoisotopic (exact) mass is 2050 g/mol. The molecule has 19 amide bonds. The molecule has 3 aromatic rings. The Bertz CT molecular complexity index is 5190. The number of hydrogen-bond acceptors (Lipinski definition) is 28. The fraction of sp³-hybridized carbons (Fsp3) is 0.522. The van der Waals surface area contributed by atoms with E-state index in [0.29, 0.717) is 18.4 Å². The molecule has 3 aliphatic heterocycles. The number of amides is 19. The predicted molar refractivity (Wildman–Crippen MR) is 506 cm³/mol. The lowest BCUT2D eigenvalue weighted by atomic mass is 9.96. The zero-order chi connectivity index (χ0) is 108. The van der Waals surface area contributed by atoms with Gasteiger partial charge in [-0.2, -0.15) is 0 Å². The SMILES string of the molecule is CC[C@H](C)[C@H](NC(=O)[C@H](CCC(=O)O)NC(=O)[C@H](CCC(=O)O)NC(=O)[C@H](Cc1ccccc1)NC(=O)[C@H](CC(=O)O)NC(=O)CNC(=O)[C@H](CC(N)=O)NC(=O)CNC(=O)CNC(=O)CNC(=O)CNC(=O)[C@@H]1CCCN1C(=O)[C@H](CCCNC(=N)N)NC(=O)[C@@H]1CCCN1C(=O)[C@H](N)Cc1ccccc1)C(=O)N1CCC[C@H]1C(=O)N[C@@H](CCC(=O)O)C(=O)N[C@@H](CCC(=O)O)C(=O)N[C@H]([C]=O)Cc1ccc(O)cc1. The van der Waals surface area contributed by atoms with Crippen molar-refractivity contribution in [3.05, 3.63) is 102 Å². The summed E-state index contributed by atoms with van der Waals surface area (Å²) in [6, 6.07) is -0.0890. The molecule has 15 atom stereocenters. The van der Waals surface area contributed by atoms with Crippen LogP contribution in [0.3, 0.4) is 0 Å². The Labute approximate surface area is 835 Å². The lowest BCUT2D eigenvalue weighted by Crippen LogP contribution is -2.61. The largest absolute Gasteiger partial charge is 0.508 e. The minimum Gasteiger partial charge on any atom is -0.508 e. The molecule has 3 saturated heterocycles. The van der Waals surface area contributed by atoms with Crippen molar-refractivity contribution < 1.29 is 151 Å². The summed E-state index contributed by atoms with van der Waals surface area (Å²) in [7, 11) is 0. The van der Waals surface area contributed by atoms with E-state index in [1.807, 2.05) is 18.2 Å². The summed E-state index contributed by atoms with van der Waals surface area (Å²) in [6.45, 7) is -0.973. The molecule has 3 fully saturated rings. The van der Waals surface area contributed by atoms with Crippen LogP contribution in [0.1, 0.15) is 153 Å². The van der Waals surface area contributed by atoms with Crippen molar-refractivity contribution in [3.8, 4) is 5.75 Å². The number of rotatable bonds is 62. The van der Waals surface area contributed by atoms with Crippen molar-refractivity contribution in [2.45, 2.75) is 240 Å². The highest BCUT2D eigenvalue weighted by Gasteiger charge is 2.45. The van der Waals surface area contributed by atoms with Gasteiger partial charge in [0.1, 0.15) is 78.3 Å². The Morgan fingerprint density at radius 1 is 0.384 bits per heavy atom. The quantitative estimate of drug-likeness (QED) is 0.0142. The zero-order valence-electron chi connectivity index (χ0n) is 80.1. The van der Waals surface area contributed by atoms with Gasteiger partial charge in [0.15, 0.2) is 5.96 Å². The van der Waals surface area contributed by atoms with Crippen molar-refractivity contribution >= 4 is 154 Å². The van der Waals surface area contributed by atoms with Crippen LogP contribution in [0.15, 0.2) is 84.9 Å². The second-order valence-electron chi connectivity index (χ2n) is 34.8. The third kappa shape index (κ3) is 40.9. The highest BCUT2D eigenvalue weighted by Crippen LogP contribution is 2.26. The van der Waals surface area contributed by atoms with Gasteiger partial charge >= 0.3 is 29.8 Å². The highest BCUT2D eigenvalue weighted by atomic mass is 16.4. The number of phenolic OH excluding ortho intramolecular Hbond substituents is 1. The Morgan fingerprint density at radius 3 is 1.21 bits per heavy atom. The molecule has 795 valence electrons. The van der Waals surface area contributed by atoms with Crippen molar-refractivity contribution in [2.24, 2.45) is 23.1 Å². The van der Waals surface area contributed by atoms with E-state index in [9.17, 15) is 151 Å². The van der Waals surface area contributed by atoms with Gasteiger partial charge < -0.3 is 148 Å². The number of hydrogen-bond donors (Lipinski definition) is 26. The minimum atomic E-state index is -2.14. The molecule has 0 unspecified atom stereocenters. The molecule has 54 nitrogen and oxygen atoms in total. The summed E-state index contributed by atoms with van der Waals surface area (Å²) in [5, 5.41) is 103. The van der Waals surface area contributed by atoms with Gasteiger partial charge in [0, 0.05) is 64.7 Å². The maximum atomic E-state index is 14.9. The summed E-state index contributed by atoms with van der Waals surface area (Å²) >= 11 is 0. The third-order valence-corrected chi connectivity index (χ3v) is 23.6. The second kappa shape index (κ2) is 60.2. The van der Waals surface area contributed by atoms with Crippen molar-refractivity contribution in [1.29, 1.82) is 5.41 Å². The van der Waals surface area contributed by atoms with E-state index in [1.54, 1.807) is 31.4 Å². The van der Waals surface area contributed by atoms with Gasteiger partial charge in [-0.3, -0.25) is 125 Å². The second-order valence-corrected chi connectivity index (χ2v) is 34.8. The van der Waals surface area contributed by atoms with Gasteiger partial charge in [-0.15, -0.1) is 0 Å². The first-order valence-corrected chi connectivity index (χ1v) is 47.0. The first kappa shape index (κ1) is 118. The molecule has 3 aromatic carbocycles. The highest BCUT2D eigenvalue weighted by molar-refractivity contribution is 6.02. The molecule has 146 heavy (non-hydrogen) atoms. The number of likely N-dealkylation sites (tertiary alicyclic amines) is 3. The molecular formula is C92H126N23O31. The van der Waals surface area contributed by atoms with Crippen LogP contribution in [0, 0.1) is 11.3 Å². The van der Waals surface area contributed by atoms with Crippen molar-refractivity contribution in [3.63, 3.8) is 0 Å². The van der Waals surface area contributed by atoms with Crippen molar-refractivity contribution in [2.75, 3.05) is 58.9 Å². The van der Waals surface area contributed by atoms with Crippen LogP contribution in [-0.2, 0) is 139 Å². The normalized spacial score (nSPS) is 16.5. The van der Waals surface area contributed by atoms with Crippen LogP contribution in [0.2, 0.25) is 0 Å². The molecule has 6 rings (SSSR count). The smallest absolute Gasteiger partial charge is 0.305 e. The van der Waals surface area contributed by atoms with E-state index >= 15 is 0 Å². The third-order valence-electron chi connectivity index (χ3n) is 23.6. The molecule has 29 N–H and O–H groups in total. The van der Waals surface area contributed by atoms with Gasteiger partial charge in [-0.05, 0) is 118 Å². The topological polar surface area (TPSA) is 852 Å². The fourth-order valence-corrected chi connectivity index (χ4v) is 15.9. The van der Waals surface area contributed by atoms with Crippen LogP contribution < -0.4 is 102 Å². The van der Waals surface area contributed by atoms with Crippen LogP contribution in [-0.4, -0.2) is 343 Å². The standard InChI is InChI=1S/C92H126N23O31/c1-3-49(2)78(91(146)115-37-13-21-66(115)87(142)109-58(28-32-75(128)129)82(137)106-56(26-30-73(124)125)80(135)103-53(48-116)38-52-22-24-54(117)25-23-52)112-83(138)59(29-33-76(130)131)107-81(136)57(27-31-74(126)127)108-84(139)61(40-51-16-8-5-9-17-51)111-85(140)63(42-77(132)133)105-72(123)47-101-79(134)62(41-67(94)118)104-71(122)46-100-69(120)44-98-68(119)43-99-70(121)45-102-86(141)64-19-11-36-114(64)90(145)60(18-10-34-97-92(95)96)110-88(143)65-20-12-35-113(65)89(144)55(93)39-50-14-6-4-7-15-50/h4-9,14-17,22-25,49,53,55-66,78,117H,3,10-13,18-21,26-47,93H2,1-2H3,(H2,94,118)(H,98,119)(H,99,121)(H,100,120)(H,101,134)(H,102,141)(H,103,135)(H,104,122)(H,105,123)(H,106,137)(H,107,136)(H,108,139)(H,109,142)(H,110,143)(H,111,140)(H,112,138)(H,124,125)(H,126,127)(H,128,129)(H,130,131)(H,132,133)(H4,95,96,97)/t49-,53-,55+,56-,57-,58-,59-,60-,61-,62-,63-,64-,65-,66-,78-/m0/s1. The Kier molecular flexibility index (Phi) is 48.8. The number of carbonyl (C=O) groups is 24. The van der Waals surface area contributed by atoms with E-state index in [1.165, 1.54) is 65.3 Å². The van der Waals surface area contributed by atoms with E-state index in [2.05, 4.69) is 85.1 Å². The molecule has 0 aromatic heterocycles. The van der Waals surface area contributed by atoms with E-state index < -0.39 is 336 Å². The predicted octanol–water partition coefficient (Wildman–Crippen LogP) is -8.62. The van der Waals surface area contributed by atoms with Gasteiger partial charge in [-0.25, -0.2) is 0 Å². The number of phenols is 1. The number of aliphatic carboxylic acids is 5. The Morgan fingerprint density at radius 2 is 0.760 bits per heavy atom. The molecule has 0 aliphatic carbocycles. The number of carboxylic acid groups (broad SMARTS) is 5. The van der Waals surface area contributed by atoms with Crippen LogP contribution in [0.4, 0.5) is 0 Å². The van der Waals surface area contributed by atoms with Gasteiger partial charge in [-0.1, -0.05) is 93.1 Å². The Hall–Kier alpha value is -16.4. The number of benzene rings is 3. The first-order chi connectivity index (χ1) is 69.2. The number of nitrogens with zero attached hydrogens (tertiary/aromatic N) is 3. The van der Waals surface area contributed by atoms with E-state index in [4.69, 9.17) is 22.6 Å². The molecule has 3 aliphatic rings. The van der Waals surface area contributed by atoms with E-state index in [0.717, 1.165) is 10.5 Å². The molecule has 0 spiro atoms. The van der Waals surface area contributed by atoms with Gasteiger partial charge in [0.25, 0.3) is 0 Å².